The number of ketones is 1. The third kappa shape index (κ3) is 5.16. The van der Waals surface area contributed by atoms with Gasteiger partial charge in [-0.25, -0.2) is 9.59 Å². The first-order chi connectivity index (χ1) is 17.1. The van der Waals surface area contributed by atoms with Crippen molar-refractivity contribution in [2.75, 3.05) is 17.7 Å². The number of aromatic nitrogens is 3. The van der Waals surface area contributed by atoms with Gasteiger partial charge in [0.15, 0.2) is 11.5 Å². The molecule has 0 saturated carbocycles. The van der Waals surface area contributed by atoms with Crippen LogP contribution in [0.15, 0.2) is 32.4 Å². The molecule has 12 nitrogen and oxygen atoms in total. The Bertz CT molecular complexity index is 1400. The number of hydrogen-bond donors (Lipinski definition) is 3. The molecular formula is C24H29N5O7. The number of nitrogens with zero attached hydrogens (tertiary/aromatic N) is 2. The minimum absolute atomic E-state index is 0.0591. The molecule has 0 radical (unpaired) electrons. The number of H-pyrrole nitrogens is 2. The highest BCUT2D eigenvalue weighted by Gasteiger charge is 2.29. The number of ether oxygens (including phenoxy) is 1. The van der Waals surface area contributed by atoms with Gasteiger partial charge in [-0.1, -0.05) is 13.3 Å². The first kappa shape index (κ1) is 26.3. The highest BCUT2D eigenvalue weighted by Crippen LogP contribution is 2.25. The Balaban J connectivity index is 2.13. The van der Waals surface area contributed by atoms with Crippen LogP contribution in [0.2, 0.25) is 0 Å². The zero-order chi connectivity index (χ0) is 26.6. The molecule has 3 aromatic heterocycles. The Morgan fingerprint density at radius 3 is 2.53 bits per heavy atom. The van der Waals surface area contributed by atoms with Gasteiger partial charge < -0.3 is 19.9 Å². The molecule has 192 valence electrons. The third-order valence-electron chi connectivity index (χ3n) is 5.81. The largest absolute Gasteiger partial charge is 0.467 e. The first-order valence-electron chi connectivity index (χ1n) is 11.4. The maximum Gasteiger partial charge on any atom is 0.339 e. The summed E-state index contributed by atoms with van der Waals surface area (Å²) in [6, 6.07) is 3.24. The van der Waals surface area contributed by atoms with Gasteiger partial charge in [0.2, 0.25) is 5.91 Å². The number of esters is 1. The summed E-state index contributed by atoms with van der Waals surface area (Å²) in [5.74, 6) is -1.49. The van der Waals surface area contributed by atoms with Crippen molar-refractivity contribution in [1.29, 1.82) is 0 Å². The van der Waals surface area contributed by atoms with Gasteiger partial charge in [-0.2, -0.15) is 0 Å². The predicted octanol–water partition coefficient (Wildman–Crippen LogP) is 1.91. The van der Waals surface area contributed by atoms with Crippen LogP contribution in [0.3, 0.4) is 0 Å². The van der Waals surface area contributed by atoms with Crippen molar-refractivity contribution >= 4 is 29.2 Å². The van der Waals surface area contributed by atoms with E-state index in [2.05, 4.69) is 9.97 Å². The average Bonchev–Trinajstić information content (AvgIpc) is 3.45. The van der Waals surface area contributed by atoms with Gasteiger partial charge in [-0.3, -0.25) is 28.8 Å². The Labute approximate surface area is 206 Å². The number of furan rings is 1. The molecule has 3 rings (SSSR count). The zero-order valence-electron chi connectivity index (χ0n) is 20.6. The number of nitrogens with one attached hydrogen (secondary N) is 2. The molecule has 0 unspecified atom stereocenters. The number of rotatable bonds is 10. The Morgan fingerprint density at radius 1 is 1.22 bits per heavy atom. The molecule has 36 heavy (non-hydrogen) atoms. The summed E-state index contributed by atoms with van der Waals surface area (Å²) in [5.41, 5.74) is 5.22. The first-order valence-corrected chi connectivity index (χ1v) is 11.4. The van der Waals surface area contributed by atoms with Gasteiger partial charge >= 0.3 is 11.7 Å². The summed E-state index contributed by atoms with van der Waals surface area (Å²) < 4.78 is 11.4. The van der Waals surface area contributed by atoms with Gasteiger partial charge in [0, 0.05) is 19.2 Å². The van der Waals surface area contributed by atoms with E-state index < -0.39 is 29.5 Å². The van der Waals surface area contributed by atoms with E-state index in [0.717, 1.165) is 11.3 Å². The third-order valence-corrected chi connectivity index (χ3v) is 5.81. The number of Topliss-reactive ketones (excluding diaryl/α,β-unsaturated/α-hetero) is 1. The second-order valence-electron chi connectivity index (χ2n) is 8.26. The van der Waals surface area contributed by atoms with Gasteiger partial charge in [-0.15, -0.1) is 0 Å². The molecule has 4 N–H and O–H groups in total. The normalized spacial score (nSPS) is 10.9. The molecule has 0 aliphatic heterocycles. The molecular weight excluding hydrogens is 470 g/mol. The smallest absolute Gasteiger partial charge is 0.339 e. The van der Waals surface area contributed by atoms with Crippen LogP contribution in [0.25, 0.3) is 0 Å². The number of amides is 1. The molecule has 0 saturated heterocycles. The van der Waals surface area contributed by atoms with Gasteiger partial charge in [0.25, 0.3) is 5.56 Å². The molecule has 0 aliphatic rings. The monoisotopic (exact) mass is 499 g/mol. The fraction of sp³-hybridized carbons (Fsp3) is 0.375. The van der Waals surface area contributed by atoms with Crippen molar-refractivity contribution in [2.45, 2.75) is 53.1 Å². The minimum Gasteiger partial charge on any atom is -0.467 e. The molecule has 0 aliphatic carbocycles. The van der Waals surface area contributed by atoms with Crippen LogP contribution in [-0.4, -0.2) is 39.3 Å². The van der Waals surface area contributed by atoms with Crippen LogP contribution in [0, 0.1) is 6.92 Å². The molecule has 0 atom stereocenters. The van der Waals surface area contributed by atoms with E-state index in [0.29, 0.717) is 17.7 Å². The summed E-state index contributed by atoms with van der Waals surface area (Å²) in [7, 11) is 1.19. The van der Waals surface area contributed by atoms with Gasteiger partial charge in [0.05, 0.1) is 37.6 Å². The predicted molar refractivity (Wildman–Crippen MR) is 131 cm³/mol. The zero-order valence-corrected chi connectivity index (χ0v) is 20.6. The highest BCUT2D eigenvalue weighted by molar-refractivity contribution is 6.03. The molecule has 0 bridgehead atoms. The quantitative estimate of drug-likeness (QED) is 0.280. The highest BCUT2D eigenvalue weighted by atomic mass is 16.5. The number of anilines is 2. The van der Waals surface area contributed by atoms with E-state index >= 15 is 0 Å². The Hall–Kier alpha value is -4.35. The minimum atomic E-state index is -0.842. The molecule has 3 aromatic rings. The van der Waals surface area contributed by atoms with Gasteiger partial charge in [0.1, 0.15) is 11.6 Å². The number of nitrogens with two attached hydrogens (primary N) is 1. The van der Waals surface area contributed by atoms with E-state index in [1.54, 1.807) is 19.1 Å². The number of aromatic amines is 2. The van der Waals surface area contributed by atoms with E-state index in [9.17, 15) is 24.0 Å². The molecule has 3 heterocycles. The topological polar surface area (TPSA) is 173 Å². The van der Waals surface area contributed by atoms with E-state index in [4.69, 9.17) is 14.9 Å². The molecule has 0 spiro atoms. The molecule has 0 aromatic carbocycles. The van der Waals surface area contributed by atoms with Crippen LogP contribution < -0.4 is 21.9 Å². The fourth-order valence-electron chi connectivity index (χ4n) is 3.99. The number of hydrogen-bond acceptors (Lipinski definition) is 8. The lowest BCUT2D eigenvalue weighted by Gasteiger charge is -2.24. The summed E-state index contributed by atoms with van der Waals surface area (Å²) >= 11 is 0. The summed E-state index contributed by atoms with van der Waals surface area (Å²) in [6.45, 7) is 4.91. The van der Waals surface area contributed by atoms with Crippen molar-refractivity contribution in [3.05, 3.63) is 67.5 Å². The van der Waals surface area contributed by atoms with E-state index in [1.807, 2.05) is 6.92 Å². The van der Waals surface area contributed by atoms with Crippen LogP contribution in [-0.2, 0) is 29.0 Å². The fourth-order valence-corrected chi connectivity index (χ4v) is 3.99. The molecule has 1 amide bonds. The summed E-state index contributed by atoms with van der Waals surface area (Å²) in [6.07, 6.45) is 2.42. The number of unbranched alkanes of at least 4 members (excludes halogenated alkanes) is 1. The van der Waals surface area contributed by atoms with Crippen LogP contribution in [0.1, 0.15) is 64.6 Å². The van der Waals surface area contributed by atoms with Crippen LogP contribution in [0.4, 0.5) is 11.5 Å². The lowest BCUT2D eigenvalue weighted by molar-refractivity contribution is -0.118. The SMILES string of the molecule is CCCCn1c(N)c(N(Cc2ccco2)C(=O)Cc2[nH]c(C(C)=O)c(C)c2C(=O)OC)c(=O)[nH]c1=O. The maximum absolute atomic E-state index is 13.6. The van der Waals surface area contributed by atoms with Crippen molar-refractivity contribution in [3.63, 3.8) is 0 Å². The van der Waals surface area contributed by atoms with Crippen LogP contribution in [0.5, 0.6) is 0 Å². The number of carbonyl (C=O) groups is 3. The maximum atomic E-state index is 13.6. The summed E-state index contributed by atoms with van der Waals surface area (Å²) in [5, 5.41) is 0. The van der Waals surface area contributed by atoms with Crippen molar-refractivity contribution in [1.82, 2.24) is 14.5 Å². The van der Waals surface area contributed by atoms with Gasteiger partial charge in [-0.05, 0) is 31.0 Å². The number of carbonyl (C=O) groups excluding carboxylic acids is 3. The Kier molecular flexibility index (Phi) is 7.97. The van der Waals surface area contributed by atoms with Crippen LogP contribution >= 0.6 is 0 Å². The number of nitrogen functional groups attached to an aromatic ring is 1. The lowest BCUT2D eigenvalue weighted by atomic mass is 10.1. The second kappa shape index (κ2) is 10.9. The second-order valence-corrected chi connectivity index (χ2v) is 8.26. The molecule has 12 heteroatoms. The standard InChI is InChI=1S/C24H29N5O7/c1-5-6-9-28-21(25)20(22(32)27-24(28)34)29(12-15-8-7-10-36-15)17(31)11-16-18(23(33)35-4)13(2)19(26-16)14(3)30/h7-8,10,26H,5-6,9,11-12,25H2,1-4H3,(H,27,32,34). The van der Waals surface area contributed by atoms with Crippen molar-refractivity contribution in [3.8, 4) is 0 Å². The average molecular weight is 500 g/mol. The van der Waals surface area contributed by atoms with Crippen molar-refractivity contribution in [2.24, 2.45) is 0 Å². The summed E-state index contributed by atoms with van der Waals surface area (Å²) in [4.78, 5) is 69.6. The van der Waals surface area contributed by atoms with Crippen molar-refractivity contribution < 1.29 is 23.5 Å². The lowest BCUT2D eigenvalue weighted by Crippen LogP contribution is -2.41. The Morgan fingerprint density at radius 2 is 1.94 bits per heavy atom. The molecule has 0 fully saturated rings. The van der Waals surface area contributed by atoms with E-state index in [-0.39, 0.29) is 47.3 Å². The number of methoxy groups -OCH3 is 1. The van der Waals surface area contributed by atoms with E-state index in [1.165, 1.54) is 24.9 Å².